The summed E-state index contributed by atoms with van der Waals surface area (Å²) in [5, 5.41) is 6.42. The van der Waals surface area contributed by atoms with Crippen molar-refractivity contribution in [3.05, 3.63) is 53.7 Å². The highest BCUT2D eigenvalue weighted by atomic mass is 19.2. The van der Waals surface area contributed by atoms with Gasteiger partial charge in [0.1, 0.15) is 17.7 Å². The first-order valence-corrected chi connectivity index (χ1v) is 9.84. The number of carbonyl (C=O) groups excluding carboxylic acids is 2. The molecule has 0 spiro atoms. The van der Waals surface area contributed by atoms with Gasteiger partial charge in [0, 0.05) is 30.8 Å². The van der Waals surface area contributed by atoms with E-state index in [2.05, 4.69) is 31.2 Å². The van der Waals surface area contributed by atoms with Gasteiger partial charge >= 0.3 is 6.09 Å². The van der Waals surface area contributed by atoms with Crippen LogP contribution in [-0.2, 0) is 16.0 Å². The van der Waals surface area contributed by atoms with Crippen molar-refractivity contribution in [2.24, 2.45) is 0 Å². The minimum atomic E-state index is -1.34. The van der Waals surface area contributed by atoms with Crippen LogP contribution in [0.5, 0.6) is 0 Å². The van der Waals surface area contributed by atoms with Crippen molar-refractivity contribution in [1.29, 1.82) is 0 Å². The van der Waals surface area contributed by atoms with Gasteiger partial charge in [-0.3, -0.25) is 15.6 Å². The molecule has 3 rings (SSSR count). The number of carbonyl (C=O) groups is 2. The van der Waals surface area contributed by atoms with Gasteiger partial charge in [0.05, 0.1) is 0 Å². The van der Waals surface area contributed by atoms with Gasteiger partial charge < -0.3 is 10.1 Å². The Morgan fingerprint density at radius 1 is 1.12 bits per heavy atom. The largest absolute Gasteiger partial charge is 0.444 e. The Balaban J connectivity index is 1.71. The van der Waals surface area contributed by atoms with Crippen LogP contribution in [0.3, 0.4) is 0 Å². The third-order valence-electron chi connectivity index (χ3n) is 4.22. The van der Waals surface area contributed by atoms with E-state index in [9.17, 15) is 22.8 Å². The lowest BCUT2D eigenvalue weighted by Gasteiger charge is -2.24. The number of anilines is 1. The Morgan fingerprint density at radius 3 is 2.58 bits per heavy atom. The quantitative estimate of drug-likeness (QED) is 0.362. The molecule has 0 aliphatic rings. The third kappa shape index (κ3) is 6.54. The molecule has 0 fully saturated rings. The van der Waals surface area contributed by atoms with E-state index in [1.54, 1.807) is 26.8 Å². The number of halogens is 3. The first-order chi connectivity index (χ1) is 15.5. The summed E-state index contributed by atoms with van der Waals surface area (Å²) in [6, 6.07) is 1.69. The first kappa shape index (κ1) is 23.8. The number of nitrogens with zero attached hydrogens (tertiary/aromatic N) is 4. The van der Waals surface area contributed by atoms with Gasteiger partial charge in [0.15, 0.2) is 17.3 Å². The minimum Gasteiger partial charge on any atom is -0.444 e. The summed E-state index contributed by atoms with van der Waals surface area (Å²) in [7, 11) is 0. The Labute approximate surface area is 186 Å². The van der Waals surface area contributed by atoms with E-state index in [1.807, 2.05) is 0 Å². The Morgan fingerprint density at radius 2 is 1.85 bits per heavy atom. The van der Waals surface area contributed by atoms with Crippen LogP contribution in [0.4, 0.5) is 23.9 Å². The summed E-state index contributed by atoms with van der Waals surface area (Å²) in [5.74, 6) is -4.05. The number of rotatable bonds is 7. The number of ether oxygens (including phenoxy) is 1. The van der Waals surface area contributed by atoms with E-state index < -0.39 is 41.1 Å². The lowest BCUT2D eigenvalue weighted by atomic mass is 10.0. The van der Waals surface area contributed by atoms with E-state index in [0.29, 0.717) is 17.8 Å². The van der Waals surface area contributed by atoms with Crippen molar-refractivity contribution in [2.45, 2.75) is 45.3 Å². The van der Waals surface area contributed by atoms with Crippen molar-refractivity contribution < 1.29 is 27.5 Å². The van der Waals surface area contributed by atoms with Gasteiger partial charge in [0.25, 0.3) is 0 Å². The number of fused-ring (bicyclic) bond motifs is 1. The molecule has 2 aromatic heterocycles. The number of benzene rings is 1. The lowest BCUT2D eigenvalue weighted by molar-refractivity contribution is -0.121. The molecule has 1 atom stereocenters. The molecule has 1 aromatic carbocycles. The van der Waals surface area contributed by atoms with E-state index in [1.165, 1.54) is 17.0 Å². The number of hydrogen-bond donors (Lipinski definition) is 3. The Hall–Kier alpha value is -3.90. The molecule has 0 bridgehead atoms. The highest BCUT2D eigenvalue weighted by Gasteiger charge is 2.23. The second-order valence-corrected chi connectivity index (χ2v) is 8.08. The maximum absolute atomic E-state index is 14.1. The van der Waals surface area contributed by atoms with Crippen LogP contribution in [-0.4, -0.2) is 43.2 Å². The zero-order chi connectivity index (χ0) is 24.2. The average Bonchev–Trinajstić information content (AvgIpc) is 3.18. The fourth-order valence-electron chi connectivity index (χ4n) is 2.88. The Bertz CT molecular complexity index is 1160. The number of hydrogen-bond acceptors (Lipinski definition) is 7. The molecule has 33 heavy (non-hydrogen) atoms. The summed E-state index contributed by atoms with van der Waals surface area (Å²) in [4.78, 5) is 32.7. The fraction of sp³-hybridized carbons (Fsp3) is 0.350. The number of aromatic nitrogens is 4. The zero-order valence-corrected chi connectivity index (χ0v) is 18.0. The maximum atomic E-state index is 14.1. The Kier molecular flexibility index (Phi) is 6.99. The second-order valence-electron chi connectivity index (χ2n) is 8.08. The molecule has 2 heterocycles. The van der Waals surface area contributed by atoms with Crippen molar-refractivity contribution >= 4 is 23.6 Å². The standard InChI is InChI=1S/C20H22F3N7O3/c1-20(2,3)33-19(32)27-12(6-11-7-14(22)15(23)9-13(11)21)8-17(31)28-29-18-24-5-4-16-25-10-26-30(16)18/h4-5,7,9-10,12H,6,8H2,1-3H3,(H,24,29)(H,27,32)(H,28,31)/t12-/m1/s1. The molecule has 0 aliphatic carbocycles. The van der Waals surface area contributed by atoms with Crippen LogP contribution in [0.15, 0.2) is 30.7 Å². The monoisotopic (exact) mass is 465 g/mol. The predicted octanol–water partition coefficient (Wildman–Crippen LogP) is 2.51. The zero-order valence-electron chi connectivity index (χ0n) is 18.0. The molecule has 3 aromatic rings. The second kappa shape index (κ2) is 9.71. The summed E-state index contributed by atoms with van der Waals surface area (Å²) in [6.45, 7) is 4.93. The van der Waals surface area contributed by atoms with Crippen molar-refractivity contribution in [3.8, 4) is 0 Å². The van der Waals surface area contributed by atoms with Gasteiger partial charge in [-0.2, -0.15) is 9.61 Å². The van der Waals surface area contributed by atoms with E-state index in [-0.39, 0.29) is 24.4 Å². The summed E-state index contributed by atoms with van der Waals surface area (Å²) in [6.07, 6.45) is 1.26. The minimum absolute atomic E-state index is 0.168. The van der Waals surface area contributed by atoms with Crippen LogP contribution in [0.25, 0.3) is 5.65 Å². The van der Waals surface area contributed by atoms with Crippen LogP contribution < -0.4 is 16.2 Å². The molecule has 2 amide bonds. The number of amides is 2. The summed E-state index contributed by atoms with van der Waals surface area (Å²) < 4.78 is 47.5. The van der Waals surface area contributed by atoms with E-state index >= 15 is 0 Å². The van der Waals surface area contributed by atoms with Gasteiger partial charge in [-0.15, -0.1) is 0 Å². The van der Waals surface area contributed by atoms with Crippen LogP contribution >= 0.6 is 0 Å². The summed E-state index contributed by atoms with van der Waals surface area (Å²) >= 11 is 0. The molecular formula is C20H22F3N7O3. The molecule has 0 saturated carbocycles. The number of alkyl carbamates (subject to hydrolysis) is 1. The smallest absolute Gasteiger partial charge is 0.407 e. The molecular weight excluding hydrogens is 443 g/mol. The van der Waals surface area contributed by atoms with Crippen LogP contribution in [0, 0.1) is 17.5 Å². The normalized spacial score (nSPS) is 12.3. The number of hydrazine groups is 1. The highest BCUT2D eigenvalue weighted by Crippen LogP contribution is 2.17. The maximum Gasteiger partial charge on any atom is 0.407 e. The number of nitrogens with one attached hydrogen (secondary N) is 3. The van der Waals surface area contributed by atoms with Gasteiger partial charge in [0.2, 0.25) is 11.9 Å². The molecule has 0 saturated heterocycles. The predicted molar refractivity (Wildman–Crippen MR) is 110 cm³/mol. The molecule has 3 N–H and O–H groups in total. The molecule has 13 heteroatoms. The molecule has 0 unspecified atom stereocenters. The van der Waals surface area contributed by atoms with Gasteiger partial charge in [-0.05, 0) is 38.8 Å². The lowest BCUT2D eigenvalue weighted by Crippen LogP contribution is -2.44. The average molecular weight is 465 g/mol. The molecule has 0 radical (unpaired) electrons. The van der Waals surface area contributed by atoms with Crippen molar-refractivity contribution in [1.82, 2.24) is 30.3 Å². The van der Waals surface area contributed by atoms with Gasteiger partial charge in [-0.1, -0.05) is 0 Å². The molecule has 0 aliphatic heterocycles. The third-order valence-corrected chi connectivity index (χ3v) is 4.22. The van der Waals surface area contributed by atoms with Gasteiger partial charge in [-0.25, -0.2) is 27.9 Å². The highest BCUT2D eigenvalue weighted by molar-refractivity contribution is 5.78. The van der Waals surface area contributed by atoms with E-state index in [0.717, 1.165) is 0 Å². The topological polar surface area (TPSA) is 123 Å². The van der Waals surface area contributed by atoms with Crippen LogP contribution in [0.2, 0.25) is 0 Å². The molecule has 10 nitrogen and oxygen atoms in total. The van der Waals surface area contributed by atoms with Crippen LogP contribution in [0.1, 0.15) is 32.8 Å². The van der Waals surface area contributed by atoms with Crippen molar-refractivity contribution in [3.63, 3.8) is 0 Å². The molecule has 176 valence electrons. The van der Waals surface area contributed by atoms with E-state index in [4.69, 9.17) is 4.74 Å². The summed E-state index contributed by atoms with van der Waals surface area (Å²) in [5.41, 5.74) is 4.42. The van der Waals surface area contributed by atoms with Crippen molar-refractivity contribution in [2.75, 3.05) is 5.43 Å². The SMILES string of the molecule is CC(C)(C)OC(=O)N[C@@H](CC(=O)NNc1nccc2ncnn12)Cc1cc(F)c(F)cc1F. The first-order valence-electron chi connectivity index (χ1n) is 9.84. The fourth-order valence-corrected chi connectivity index (χ4v) is 2.88.